The van der Waals surface area contributed by atoms with Crippen molar-refractivity contribution in [2.75, 3.05) is 4.90 Å². The topological polar surface area (TPSA) is 3.24 Å². The van der Waals surface area contributed by atoms with Crippen LogP contribution in [0.4, 0.5) is 17.1 Å². The molecule has 0 fully saturated rings. The van der Waals surface area contributed by atoms with Crippen molar-refractivity contribution < 1.29 is 0 Å². The lowest BCUT2D eigenvalue weighted by Crippen LogP contribution is -2.18. The average Bonchev–Trinajstić information content (AvgIpc) is 3.47. The molecule has 47 heavy (non-hydrogen) atoms. The first-order valence-corrected chi connectivity index (χ1v) is 16.7. The third kappa shape index (κ3) is 4.16. The number of fused-ring (bicyclic) bond motifs is 7. The van der Waals surface area contributed by atoms with Crippen molar-refractivity contribution in [1.29, 1.82) is 0 Å². The molecule has 0 spiro atoms. The monoisotopic (exact) mass is 603 g/mol. The molecule has 0 saturated heterocycles. The molecule has 1 nitrogen and oxygen atoms in total. The van der Waals surface area contributed by atoms with Crippen molar-refractivity contribution in [3.8, 4) is 33.4 Å². The van der Waals surface area contributed by atoms with E-state index in [9.17, 15) is 0 Å². The van der Waals surface area contributed by atoms with Crippen LogP contribution in [0.2, 0.25) is 0 Å². The third-order valence-electron chi connectivity index (χ3n) is 10.8. The Labute approximate surface area is 277 Å². The minimum Gasteiger partial charge on any atom is -0.310 e. The van der Waals surface area contributed by atoms with Gasteiger partial charge in [0.1, 0.15) is 0 Å². The summed E-state index contributed by atoms with van der Waals surface area (Å²) in [7, 11) is 0. The van der Waals surface area contributed by atoms with Crippen LogP contribution in [0.15, 0.2) is 152 Å². The first-order valence-electron chi connectivity index (χ1n) is 16.7. The van der Waals surface area contributed by atoms with Crippen LogP contribution in [0, 0.1) is 0 Å². The molecule has 226 valence electrons. The molecule has 9 rings (SSSR count). The van der Waals surface area contributed by atoms with Gasteiger partial charge in [-0.25, -0.2) is 0 Å². The summed E-state index contributed by atoms with van der Waals surface area (Å²) in [6, 6.07) is 56.3. The summed E-state index contributed by atoms with van der Waals surface area (Å²) in [4.78, 5) is 2.45. The van der Waals surface area contributed by atoms with E-state index in [0.29, 0.717) is 0 Å². The summed E-state index contributed by atoms with van der Waals surface area (Å²) in [5, 5.41) is 2.59. The van der Waals surface area contributed by atoms with Gasteiger partial charge in [-0.2, -0.15) is 0 Å². The van der Waals surface area contributed by atoms with E-state index in [1.807, 2.05) is 0 Å². The Bertz CT molecular complexity index is 2340. The second-order valence-electron chi connectivity index (χ2n) is 14.2. The number of anilines is 3. The van der Waals surface area contributed by atoms with Crippen molar-refractivity contribution in [3.63, 3.8) is 0 Å². The van der Waals surface area contributed by atoms with Crippen molar-refractivity contribution in [2.24, 2.45) is 0 Å². The third-order valence-corrected chi connectivity index (χ3v) is 10.8. The Hall–Kier alpha value is -5.40. The van der Waals surface area contributed by atoms with Gasteiger partial charge < -0.3 is 4.90 Å². The summed E-state index contributed by atoms with van der Waals surface area (Å²) < 4.78 is 0. The van der Waals surface area contributed by atoms with Gasteiger partial charge in [0.15, 0.2) is 0 Å². The van der Waals surface area contributed by atoms with Crippen molar-refractivity contribution in [3.05, 3.63) is 174 Å². The fourth-order valence-electron chi connectivity index (χ4n) is 8.26. The van der Waals surface area contributed by atoms with Crippen LogP contribution >= 0.6 is 0 Å². The molecular formula is C46H37N. The summed E-state index contributed by atoms with van der Waals surface area (Å²) >= 11 is 0. The molecule has 0 atom stereocenters. The minimum atomic E-state index is -0.116. The quantitative estimate of drug-likeness (QED) is 0.193. The van der Waals surface area contributed by atoms with E-state index < -0.39 is 0 Å². The smallest absolute Gasteiger partial charge is 0.0465 e. The van der Waals surface area contributed by atoms with E-state index in [1.54, 1.807) is 0 Å². The summed E-state index contributed by atoms with van der Waals surface area (Å²) in [5.74, 6) is 0. The Balaban J connectivity index is 1.21. The lowest BCUT2D eigenvalue weighted by molar-refractivity contribution is 0.660. The van der Waals surface area contributed by atoms with Gasteiger partial charge in [0.2, 0.25) is 0 Å². The van der Waals surface area contributed by atoms with Gasteiger partial charge >= 0.3 is 0 Å². The van der Waals surface area contributed by atoms with Crippen LogP contribution in [0.5, 0.6) is 0 Å². The number of rotatable bonds is 4. The van der Waals surface area contributed by atoms with Gasteiger partial charge in [-0.05, 0) is 115 Å². The Morgan fingerprint density at radius 3 is 1.49 bits per heavy atom. The molecule has 0 saturated carbocycles. The van der Waals surface area contributed by atoms with Crippen LogP contribution in [-0.4, -0.2) is 0 Å². The number of nitrogens with zero attached hydrogens (tertiary/aromatic N) is 1. The van der Waals surface area contributed by atoms with Gasteiger partial charge in [0.05, 0.1) is 0 Å². The van der Waals surface area contributed by atoms with E-state index >= 15 is 0 Å². The van der Waals surface area contributed by atoms with E-state index in [4.69, 9.17) is 0 Å². The fraction of sp³-hybridized carbons (Fsp3) is 0.130. The zero-order valence-corrected chi connectivity index (χ0v) is 27.4. The fourth-order valence-corrected chi connectivity index (χ4v) is 8.26. The molecule has 0 heterocycles. The van der Waals surface area contributed by atoms with Crippen molar-refractivity contribution >= 4 is 27.8 Å². The Morgan fingerprint density at radius 1 is 0.340 bits per heavy atom. The zero-order valence-electron chi connectivity index (χ0n) is 27.4. The van der Waals surface area contributed by atoms with Gasteiger partial charge in [-0.15, -0.1) is 0 Å². The van der Waals surface area contributed by atoms with E-state index in [-0.39, 0.29) is 10.8 Å². The van der Waals surface area contributed by atoms with Crippen molar-refractivity contribution in [2.45, 2.75) is 38.5 Å². The lowest BCUT2D eigenvalue weighted by Gasteiger charge is -2.30. The molecule has 0 aromatic heterocycles. The van der Waals surface area contributed by atoms with E-state index in [0.717, 1.165) is 5.69 Å². The minimum absolute atomic E-state index is 0.0751. The largest absolute Gasteiger partial charge is 0.310 e. The molecule has 0 bridgehead atoms. The summed E-state index contributed by atoms with van der Waals surface area (Å²) in [6.45, 7) is 9.48. The summed E-state index contributed by atoms with van der Waals surface area (Å²) in [5.41, 5.74) is 16.7. The molecule has 2 aliphatic rings. The van der Waals surface area contributed by atoms with Crippen LogP contribution in [-0.2, 0) is 10.8 Å². The molecule has 0 unspecified atom stereocenters. The normalized spacial score (nSPS) is 14.7. The SMILES string of the molecule is CC1(C)c2ccccc2-c2ccc(N(c3ccc(-c4ccccc4)cc3)c3ccc4c(c3)C(C)(C)c3cc5ccccc5cc3-4)cc21. The molecule has 2 aliphatic carbocycles. The lowest BCUT2D eigenvalue weighted by atomic mass is 9.81. The second-order valence-corrected chi connectivity index (χ2v) is 14.2. The number of hydrogen-bond donors (Lipinski definition) is 0. The molecule has 0 amide bonds. The van der Waals surface area contributed by atoms with Crippen LogP contribution < -0.4 is 4.90 Å². The maximum atomic E-state index is 2.45. The Kier molecular flexibility index (Phi) is 5.96. The predicted octanol–water partition coefficient (Wildman–Crippen LogP) is 12.6. The maximum absolute atomic E-state index is 2.45. The molecular weight excluding hydrogens is 567 g/mol. The highest BCUT2D eigenvalue weighted by atomic mass is 15.1. The highest BCUT2D eigenvalue weighted by molar-refractivity contribution is 5.95. The zero-order chi connectivity index (χ0) is 31.9. The van der Waals surface area contributed by atoms with Gasteiger partial charge in [0, 0.05) is 27.9 Å². The highest BCUT2D eigenvalue weighted by Crippen LogP contribution is 2.53. The number of hydrogen-bond acceptors (Lipinski definition) is 1. The molecule has 7 aromatic rings. The van der Waals surface area contributed by atoms with Gasteiger partial charge in [-0.3, -0.25) is 0 Å². The Morgan fingerprint density at radius 2 is 0.809 bits per heavy atom. The maximum Gasteiger partial charge on any atom is 0.0465 e. The van der Waals surface area contributed by atoms with E-state index in [2.05, 4.69) is 184 Å². The van der Waals surface area contributed by atoms with Crippen molar-refractivity contribution in [1.82, 2.24) is 0 Å². The molecule has 7 aromatic carbocycles. The molecule has 1 heteroatoms. The number of benzene rings is 7. The van der Waals surface area contributed by atoms with Crippen LogP contribution in [0.3, 0.4) is 0 Å². The van der Waals surface area contributed by atoms with Gasteiger partial charge in [0.25, 0.3) is 0 Å². The molecule has 0 aliphatic heterocycles. The van der Waals surface area contributed by atoms with Crippen LogP contribution in [0.25, 0.3) is 44.2 Å². The predicted molar refractivity (Wildman–Crippen MR) is 199 cm³/mol. The molecule has 0 radical (unpaired) electrons. The summed E-state index contributed by atoms with van der Waals surface area (Å²) in [6.07, 6.45) is 0. The molecule has 0 N–H and O–H groups in total. The van der Waals surface area contributed by atoms with Gasteiger partial charge in [-0.1, -0.05) is 131 Å². The first kappa shape index (κ1) is 27.9. The van der Waals surface area contributed by atoms with Crippen LogP contribution in [0.1, 0.15) is 49.9 Å². The van der Waals surface area contributed by atoms with E-state index in [1.165, 1.54) is 77.8 Å². The first-order chi connectivity index (χ1) is 22.8. The average molecular weight is 604 g/mol. The highest BCUT2D eigenvalue weighted by Gasteiger charge is 2.38. The second kappa shape index (κ2) is 10.0. The standard InChI is InChI=1S/C46H37N/c1-45(2)41-17-11-10-16-37(41)38-24-22-35(28-43(38)45)47(34-20-18-31(19-21-34)30-12-6-5-7-13-30)36-23-25-39-40-26-32-14-8-9-15-33(32)27-42(40)46(3,4)44(39)29-36/h5-29H,1-4H3.